The Morgan fingerprint density at radius 2 is 2.00 bits per heavy atom. The van der Waals surface area contributed by atoms with Gasteiger partial charge in [-0.1, -0.05) is 16.8 Å². The monoisotopic (exact) mass is 308 g/mol. The van der Waals surface area contributed by atoms with Crippen molar-refractivity contribution in [3.05, 3.63) is 23.4 Å². The summed E-state index contributed by atoms with van der Waals surface area (Å²) in [6, 6.07) is 3.57. The fraction of sp³-hybridized carbons (Fsp3) is 0.400. The van der Waals surface area contributed by atoms with Crippen molar-refractivity contribution in [1.29, 1.82) is 0 Å². The molecule has 0 unspecified atom stereocenters. The minimum atomic E-state index is 0.225. The number of halogens is 1. The lowest BCUT2D eigenvalue weighted by molar-refractivity contribution is 0.201. The average molecular weight is 309 g/mol. The molecular weight excluding hydrogens is 292 g/mol. The van der Waals surface area contributed by atoms with Crippen molar-refractivity contribution in [1.82, 2.24) is 5.16 Å². The summed E-state index contributed by atoms with van der Waals surface area (Å²) in [5, 5.41) is 4.20. The summed E-state index contributed by atoms with van der Waals surface area (Å²) in [4.78, 5) is 0. The Morgan fingerprint density at radius 3 is 2.62 bits per heavy atom. The molecule has 112 valence electrons. The van der Waals surface area contributed by atoms with E-state index in [1.54, 1.807) is 19.2 Å². The number of nitrogen functional groups attached to an aromatic ring is 1. The first kappa shape index (κ1) is 14.1. The van der Waals surface area contributed by atoms with Crippen molar-refractivity contribution in [3.8, 4) is 22.6 Å². The van der Waals surface area contributed by atoms with Crippen molar-refractivity contribution in [2.24, 2.45) is 0 Å². The normalized spacial score (nSPS) is 15.3. The van der Waals surface area contributed by atoms with Crippen LogP contribution >= 0.6 is 11.6 Å². The Bertz CT molecular complexity index is 636. The number of nitrogens with two attached hydrogens (primary N) is 1. The summed E-state index contributed by atoms with van der Waals surface area (Å²) in [6.45, 7) is 0. The molecule has 1 saturated carbocycles. The molecule has 0 aliphatic heterocycles. The zero-order chi connectivity index (χ0) is 14.8. The second kappa shape index (κ2) is 5.85. The molecule has 0 amide bonds. The van der Waals surface area contributed by atoms with Crippen LogP contribution in [0.25, 0.3) is 11.1 Å². The zero-order valence-electron chi connectivity index (χ0n) is 11.8. The van der Waals surface area contributed by atoms with E-state index in [0.717, 1.165) is 12.8 Å². The van der Waals surface area contributed by atoms with Crippen LogP contribution in [0.2, 0.25) is 5.02 Å². The van der Waals surface area contributed by atoms with Crippen LogP contribution in [0.1, 0.15) is 25.7 Å². The molecule has 2 aromatic rings. The van der Waals surface area contributed by atoms with Crippen molar-refractivity contribution >= 4 is 17.5 Å². The minimum Gasteiger partial charge on any atom is -0.493 e. The van der Waals surface area contributed by atoms with Crippen LogP contribution in [0.5, 0.6) is 11.5 Å². The highest BCUT2D eigenvalue weighted by Crippen LogP contribution is 2.41. The van der Waals surface area contributed by atoms with Crippen LogP contribution < -0.4 is 15.2 Å². The van der Waals surface area contributed by atoms with E-state index >= 15 is 0 Å². The van der Waals surface area contributed by atoms with E-state index < -0.39 is 0 Å². The van der Waals surface area contributed by atoms with Gasteiger partial charge in [-0.15, -0.1) is 0 Å². The highest BCUT2D eigenvalue weighted by atomic mass is 35.5. The van der Waals surface area contributed by atoms with Crippen molar-refractivity contribution in [2.75, 3.05) is 12.8 Å². The van der Waals surface area contributed by atoms with Gasteiger partial charge in [0, 0.05) is 11.6 Å². The van der Waals surface area contributed by atoms with Gasteiger partial charge in [0.15, 0.2) is 11.5 Å². The lowest BCUT2D eigenvalue weighted by Gasteiger charge is -2.17. The maximum atomic E-state index is 6.35. The molecule has 6 heteroatoms. The first-order valence-corrected chi connectivity index (χ1v) is 7.31. The van der Waals surface area contributed by atoms with E-state index in [-0.39, 0.29) is 12.0 Å². The maximum Gasteiger partial charge on any atom is 0.230 e. The van der Waals surface area contributed by atoms with Gasteiger partial charge in [-0.25, -0.2) is 0 Å². The lowest BCUT2D eigenvalue weighted by atomic mass is 10.1. The van der Waals surface area contributed by atoms with Gasteiger partial charge in [0.25, 0.3) is 0 Å². The molecule has 0 atom stereocenters. The number of nitrogens with zero attached hydrogens (tertiary/aromatic N) is 1. The molecule has 3 rings (SSSR count). The highest BCUT2D eigenvalue weighted by Gasteiger charge is 2.21. The van der Waals surface area contributed by atoms with Gasteiger partial charge in [-0.05, 0) is 31.7 Å². The van der Waals surface area contributed by atoms with Crippen LogP contribution in [0.15, 0.2) is 22.9 Å². The smallest absolute Gasteiger partial charge is 0.230 e. The molecule has 0 saturated heterocycles. The molecule has 0 bridgehead atoms. The van der Waals surface area contributed by atoms with E-state index in [9.17, 15) is 0 Å². The van der Waals surface area contributed by atoms with Gasteiger partial charge >= 0.3 is 0 Å². The molecule has 0 radical (unpaired) electrons. The lowest BCUT2D eigenvalue weighted by Crippen LogP contribution is -2.11. The number of hydrogen-bond acceptors (Lipinski definition) is 5. The summed E-state index contributed by atoms with van der Waals surface area (Å²) in [7, 11) is 1.60. The van der Waals surface area contributed by atoms with Gasteiger partial charge < -0.3 is 19.7 Å². The van der Waals surface area contributed by atoms with E-state index in [0.29, 0.717) is 27.6 Å². The molecule has 2 N–H and O–H groups in total. The molecular formula is C15H17ClN2O3. The Balaban J connectivity index is 1.96. The van der Waals surface area contributed by atoms with E-state index in [1.807, 2.05) is 0 Å². The average Bonchev–Trinajstić information content (AvgIpc) is 3.11. The largest absolute Gasteiger partial charge is 0.493 e. The number of rotatable bonds is 4. The summed E-state index contributed by atoms with van der Waals surface area (Å²) in [5.74, 6) is 1.51. The predicted molar refractivity (Wildman–Crippen MR) is 80.8 cm³/mol. The maximum absolute atomic E-state index is 6.35. The number of ether oxygens (including phenoxy) is 2. The number of hydrogen-bond donors (Lipinski definition) is 1. The van der Waals surface area contributed by atoms with Gasteiger partial charge in [-0.3, -0.25) is 0 Å². The highest BCUT2D eigenvalue weighted by molar-refractivity contribution is 6.33. The Labute approximate surface area is 128 Å². The van der Waals surface area contributed by atoms with E-state index in [1.165, 1.54) is 19.0 Å². The van der Waals surface area contributed by atoms with Crippen molar-refractivity contribution in [2.45, 2.75) is 31.8 Å². The molecule has 1 aliphatic carbocycles. The van der Waals surface area contributed by atoms with Crippen LogP contribution in [0.4, 0.5) is 5.88 Å². The Hall–Kier alpha value is -1.88. The Kier molecular flexibility index (Phi) is 3.92. The van der Waals surface area contributed by atoms with Crippen molar-refractivity contribution in [3.63, 3.8) is 0 Å². The molecule has 1 aromatic carbocycles. The first-order chi connectivity index (χ1) is 10.2. The topological polar surface area (TPSA) is 70.5 Å². The predicted octanol–water partition coefficient (Wildman–Crippen LogP) is 3.91. The number of aromatic nitrogens is 1. The number of anilines is 1. The SMILES string of the molecule is COc1cc(-c2cnoc2N)c(Cl)cc1OC1CCCC1. The third-order valence-corrected chi connectivity index (χ3v) is 4.05. The third-order valence-electron chi connectivity index (χ3n) is 3.74. The van der Waals surface area contributed by atoms with Gasteiger partial charge in [0.05, 0.1) is 30.0 Å². The molecule has 5 nitrogen and oxygen atoms in total. The summed E-state index contributed by atoms with van der Waals surface area (Å²) in [6.07, 6.45) is 6.32. The summed E-state index contributed by atoms with van der Waals surface area (Å²) in [5.41, 5.74) is 7.10. The number of benzene rings is 1. The molecule has 1 heterocycles. The summed E-state index contributed by atoms with van der Waals surface area (Å²) < 4.78 is 16.3. The van der Waals surface area contributed by atoms with Gasteiger partial charge in [0.1, 0.15) is 0 Å². The second-order valence-corrected chi connectivity index (χ2v) is 5.52. The molecule has 1 fully saturated rings. The quantitative estimate of drug-likeness (QED) is 0.927. The Morgan fingerprint density at radius 1 is 1.24 bits per heavy atom. The fourth-order valence-corrected chi connectivity index (χ4v) is 2.89. The van der Waals surface area contributed by atoms with Crippen LogP contribution in [-0.2, 0) is 0 Å². The van der Waals surface area contributed by atoms with E-state index in [2.05, 4.69) is 5.16 Å². The van der Waals surface area contributed by atoms with Crippen LogP contribution in [-0.4, -0.2) is 18.4 Å². The number of methoxy groups -OCH3 is 1. The molecule has 1 aliphatic rings. The van der Waals surface area contributed by atoms with Gasteiger partial charge in [0.2, 0.25) is 5.88 Å². The first-order valence-electron chi connectivity index (χ1n) is 6.93. The third kappa shape index (κ3) is 2.78. The standard InChI is InChI=1S/C15H17ClN2O3/c1-19-13-6-10(11-8-18-21-15(11)17)12(16)7-14(13)20-9-4-2-3-5-9/h6-9H,2-5,17H2,1H3. The summed E-state index contributed by atoms with van der Waals surface area (Å²) >= 11 is 6.35. The van der Waals surface area contributed by atoms with E-state index in [4.69, 9.17) is 31.3 Å². The zero-order valence-corrected chi connectivity index (χ0v) is 12.5. The van der Waals surface area contributed by atoms with Crippen LogP contribution in [0.3, 0.4) is 0 Å². The van der Waals surface area contributed by atoms with Crippen molar-refractivity contribution < 1.29 is 14.0 Å². The van der Waals surface area contributed by atoms with Gasteiger partial charge in [-0.2, -0.15) is 0 Å². The molecule has 1 aromatic heterocycles. The fourth-order valence-electron chi connectivity index (χ4n) is 2.63. The second-order valence-electron chi connectivity index (χ2n) is 5.11. The van der Waals surface area contributed by atoms with Crippen LogP contribution in [0, 0.1) is 0 Å². The minimum absolute atomic E-state index is 0.225. The molecule has 0 spiro atoms. The molecule has 21 heavy (non-hydrogen) atoms.